The molecule has 4 nitrogen and oxygen atoms in total. The molecule has 2 aromatic carbocycles. The third kappa shape index (κ3) is 3.17. The maximum absolute atomic E-state index is 5.28. The summed E-state index contributed by atoms with van der Waals surface area (Å²) in [4.78, 5) is 12.5. The fourth-order valence-electron chi connectivity index (χ4n) is 2.09. The minimum absolute atomic E-state index is 0.761. The smallest absolute Gasteiger partial charge is 0.144 e. The van der Waals surface area contributed by atoms with E-state index >= 15 is 0 Å². The van der Waals surface area contributed by atoms with Gasteiger partial charge in [-0.25, -0.2) is 9.97 Å². The van der Waals surface area contributed by atoms with Crippen LogP contribution in [-0.2, 0) is 0 Å². The number of hydrogen-bond acceptors (Lipinski definition) is 4. The average molecular weight is 289 g/mol. The van der Waals surface area contributed by atoms with Gasteiger partial charge < -0.3 is 4.74 Å². The van der Waals surface area contributed by atoms with Crippen molar-refractivity contribution in [2.45, 2.75) is 0 Å². The number of para-hydroxylation sites is 2. The highest BCUT2D eigenvalue weighted by Gasteiger charge is 1.99. The number of ether oxygens (including phenoxy) is 1. The van der Waals surface area contributed by atoms with Gasteiger partial charge in [0.2, 0.25) is 0 Å². The normalized spacial score (nSPS) is 10.8. The fraction of sp³-hybridized carbons (Fsp3) is 0.0556. The second-order valence-corrected chi connectivity index (χ2v) is 4.68. The quantitative estimate of drug-likeness (QED) is 0.684. The highest BCUT2D eigenvalue weighted by molar-refractivity contribution is 5.83. The van der Waals surface area contributed by atoms with E-state index in [2.05, 4.69) is 15.0 Å². The number of hydrogen-bond donors (Lipinski definition) is 0. The van der Waals surface area contributed by atoms with Crippen LogP contribution >= 0.6 is 0 Å². The Kier molecular flexibility index (Phi) is 4.20. The zero-order valence-electron chi connectivity index (χ0n) is 12.2. The molecule has 3 aromatic rings. The lowest BCUT2D eigenvalue weighted by Crippen LogP contribution is -1.85. The van der Waals surface area contributed by atoms with Gasteiger partial charge in [-0.3, -0.25) is 4.99 Å². The molecule has 0 unspecified atom stereocenters. The molecule has 0 aliphatic carbocycles. The van der Waals surface area contributed by atoms with Crippen LogP contribution < -0.4 is 4.74 Å². The molecule has 0 spiro atoms. The number of aliphatic imine (C=N–C) groups is 1. The topological polar surface area (TPSA) is 47.4 Å². The zero-order valence-corrected chi connectivity index (χ0v) is 12.2. The number of methoxy groups -OCH3 is 1. The van der Waals surface area contributed by atoms with Crippen molar-refractivity contribution in [3.05, 3.63) is 72.8 Å². The van der Waals surface area contributed by atoms with Crippen molar-refractivity contribution in [3.63, 3.8) is 0 Å². The molecule has 0 saturated carbocycles. The number of benzene rings is 2. The van der Waals surface area contributed by atoms with Gasteiger partial charge in [0, 0.05) is 24.2 Å². The molecule has 0 aliphatic rings. The van der Waals surface area contributed by atoms with Gasteiger partial charge in [0.1, 0.15) is 17.8 Å². The van der Waals surface area contributed by atoms with Gasteiger partial charge in [0.05, 0.1) is 7.11 Å². The van der Waals surface area contributed by atoms with Gasteiger partial charge in [-0.05, 0) is 23.3 Å². The second-order valence-electron chi connectivity index (χ2n) is 4.68. The Morgan fingerprint density at radius 2 is 1.64 bits per heavy atom. The molecule has 1 heterocycles. The maximum atomic E-state index is 5.28. The predicted octanol–water partition coefficient (Wildman–Crippen LogP) is 3.90. The average Bonchev–Trinajstić information content (AvgIpc) is 2.61. The van der Waals surface area contributed by atoms with E-state index in [1.165, 1.54) is 6.33 Å². The molecular weight excluding hydrogens is 274 g/mol. The van der Waals surface area contributed by atoms with Crippen LogP contribution in [0, 0.1) is 0 Å². The molecule has 108 valence electrons. The highest BCUT2D eigenvalue weighted by Crippen LogP contribution is 2.26. The van der Waals surface area contributed by atoms with Gasteiger partial charge in [0.25, 0.3) is 0 Å². The molecule has 0 amide bonds. The summed E-state index contributed by atoms with van der Waals surface area (Å²) < 4.78 is 5.28. The molecule has 0 fully saturated rings. The van der Waals surface area contributed by atoms with Crippen LogP contribution in [0.3, 0.4) is 0 Å². The third-order valence-corrected chi connectivity index (χ3v) is 3.24. The van der Waals surface area contributed by atoms with Crippen LogP contribution in [-0.4, -0.2) is 23.3 Å². The highest BCUT2D eigenvalue weighted by atomic mass is 16.5. The number of rotatable bonds is 4. The van der Waals surface area contributed by atoms with E-state index in [0.717, 1.165) is 28.1 Å². The predicted molar refractivity (Wildman–Crippen MR) is 87.7 cm³/mol. The first-order valence-electron chi connectivity index (χ1n) is 6.89. The van der Waals surface area contributed by atoms with Crippen molar-refractivity contribution < 1.29 is 4.74 Å². The number of nitrogens with zero attached hydrogens (tertiary/aromatic N) is 3. The van der Waals surface area contributed by atoms with E-state index in [0.29, 0.717) is 0 Å². The van der Waals surface area contributed by atoms with Crippen LogP contribution in [0.25, 0.3) is 11.1 Å². The minimum Gasteiger partial charge on any atom is -0.494 e. The molecule has 22 heavy (non-hydrogen) atoms. The van der Waals surface area contributed by atoms with Crippen LogP contribution in [0.2, 0.25) is 0 Å². The van der Waals surface area contributed by atoms with E-state index in [4.69, 9.17) is 4.74 Å². The van der Waals surface area contributed by atoms with Gasteiger partial charge in [-0.1, -0.05) is 36.4 Å². The van der Waals surface area contributed by atoms with E-state index in [1.807, 2.05) is 54.7 Å². The lowest BCUT2D eigenvalue weighted by Gasteiger charge is -2.03. The molecule has 0 radical (unpaired) electrons. The second kappa shape index (κ2) is 6.63. The largest absolute Gasteiger partial charge is 0.494 e. The van der Waals surface area contributed by atoms with Crippen molar-refractivity contribution in [2.24, 2.45) is 4.99 Å². The Bertz CT molecular complexity index is 768. The molecule has 4 heteroatoms. The molecular formula is C18H15N3O. The van der Waals surface area contributed by atoms with Gasteiger partial charge in [0.15, 0.2) is 0 Å². The molecule has 3 rings (SSSR count). The molecule has 0 aliphatic heterocycles. The van der Waals surface area contributed by atoms with Crippen LogP contribution in [0.1, 0.15) is 5.56 Å². The van der Waals surface area contributed by atoms with Crippen molar-refractivity contribution in [3.8, 4) is 16.9 Å². The summed E-state index contributed by atoms with van der Waals surface area (Å²) in [6.45, 7) is 0. The van der Waals surface area contributed by atoms with Crippen LogP contribution in [0.4, 0.5) is 5.69 Å². The molecule has 0 bridgehead atoms. The molecule has 0 atom stereocenters. The van der Waals surface area contributed by atoms with E-state index in [1.54, 1.807) is 19.5 Å². The summed E-state index contributed by atoms with van der Waals surface area (Å²) in [7, 11) is 1.64. The van der Waals surface area contributed by atoms with Crippen LogP contribution in [0.15, 0.2) is 72.2 Å². The first kappa shape index (κ1) is 13.9. The SMILES string of the molecule is COc1ccccc1N=Cc1ccc(-c2cncnc2)cc1. The van der Waals surface area contributed by atoms with Crippen molar-refractivity contribution in [2.75, 3.05) is 7.11 Å². The lowest BCUT2D eigenvalue weighted by molar-refractivity contribution is 0.416. The Labute approximate surface area is 129 Å². The lowest BCUT2D eigenvalue weighted by atomic mass is 10.1. The maximum Gasteiger partial charge on any atom is 0.144 e. The summed E-state index contributed by atoms with van der Waals surface area (Å²) >= 11 is 0. The fourth-order valence-corrected chi connectivity index (χ4v) is 2.09. The van der Waals surface area contributed by atoms with Gasteiger partial charge >= 0.3 is 0 Å². The van der Waals surface area contributed by atoms with Crippen molar-refractivity contribution >= 4 is 11.9 Å². The first-order valence-corrected chi connectivity index (χ1v) is 6.89. The Morgan fingerprint density at radius 1 is 0.909 bits per heavy atom. The molecule has 1 aromatic heterocycles. The Balaban J connectivity index is 1.80. The Morgan fingerprint density at radius 3 is 2.36 bits per heavy atom. The molecule has 0 N–H and O–H groups in total. The van der Waals surface area contributed by atoms with E-state index in [9.17, 15) is 0 Å². The van der Waals surface area contributed by atoms with E-state index < -0.39 is 0 Å². The summed E-state index contributed by atoms with van der Waals surface area (Å²) in [6.07, 6.45) is 6.94. The Hall–Kier alpha value is -3.01. The summed E-state index contributed by atoms with van der Waals surface area (Å²) in [5.74, 6) is 0.761. The van der Waals surface area contributed by atoms with E-state index in [-0.39, 0.29) is 0 Å². The van der Waals surface area contributed by atoms with Crippen molar-refractivity contribution in [1.82, 2.24) is 9.97 Å². The summed E-state index contributed by atoms with van der Waals surface area (Å²) in [5.41, 5.74) is 3.91. The zero-order chi connectivity index (χ0) is 15.2. The number of aromatic nitrogens is 2. The monoisotopic (exact) mass is 289 g/mol. The molecule has 0 saturated heterocycles. The first-order chi connectivity index (χ1) is 10.9. The minimum atomic E-state index is 0.761. The van der Waals surface area contributed by atoms with Crippen LogP contribution in [0.5, 0.6) is 5.75 Å². The van der Waals surface area contributed by atoms with Gasteiger partial charge in [-0.15, -0.1) is 0 Å². The summed E-state index contributed by atoms with van der Waals surface area (Å²) in [5, 5.41) is 0. The third-order valence-electron chi connectivity index (χ3n) is 3.24. The van der Waals surface area contributed by atoms with Crippen molar-refractivity contribution in [1.29, 1.82) is 0 Å². The standard InChI is InChI=1S/C18H15N3O/c1-22-18-5-3-2-4-17(18)21-10-14-6-8-15(9-7-14)16-11-19-13-20-12-16/h2-13H,1H3. The summed E-state index contributed by atoms with van der Waals surface area (Å²) in [6, 6.07) is 15.8. The van der Waals surface area contributed by atoms with Gasteiger partial charge in [-0.2, -0.15) is 0 Å².